The molecule has 0 aliphatic heterocycles. The fourth-order valence-corrected chi connectivity index (χ4v) is 3.82. The van der Waals surface area contributed by atoms with E-state index in [0.717, 1.165) is 32.1 Å². The zero-order chi connectivity index (χ0) is 19.3. The molecule has 0 heterocycles. The minimum atomic E-state index is -2.97. The molecule has 0 rings (SSSR count). The molecule has 8 nitrogen and oxygen atoms in total. The van der Waals surface area contributed by atoms with E-state index < -0.39 is 26.8 Å². The predicted octanol–water partition coefficient (Wildman–Crippen LogP) is 1.74. The van der Waals surface area contributed by atoms with Gasteiger partial charge in [-0.05, 0) is 12.8 Å². The Morgan fingerprint density at radius 2 is 1.64 bits per heavy atom. The van der Waals surface area contributed by atoms with Gasteiger partial charge in [0.1, 0.15) is 12.1 Å². The standard InChI is InChI=1S/C16H33NO7Si/c1-6-8-10-13(9-7-2)24-16(20)14(11-15(18)19)17-12-25(21-3,22-4)23-5/h13-14,17H,6-12H2,1-5H3,(H,18,19). The lowest BCUT2D eigenvalue weighted by atomic mass is 10.1. The van der Waals surface area contributed by atoms with E-state index in [4.69, 9.17) is 23.1 Å². The molecule has 0 saturated carbocycles. The van der Waals surface area contributed by atoms with Gasteiger partial charge >= 0.3 is 20.7 Å². The van der Waals surface area contributed by atoms with Gasteiger partial charge in [-0.15, -0.1) is 0 Å². The Hall–Kier alpha value is -1.00. The van der Waals surface area contributed by atoms with Crippen molar-refractivity contribution in [2.24, 2.45) is 0 Å². The van der Waals surface area contributed by atoms with Gasteiger partial charge in [0.2, 0.25) is 0 Å². The Labute approximate surface area is 151 Å². The summed E-state index contributed by atoms with van der Waals surface area (Å²) < 4.78 is 21.4. The molecule has 9 heteroatoms. The largest absolute Gasteiger partial charge is 0.514 e. The first kappa shape index (κ1) is 24.0. The summed E-state index contributed by atoms with van der Waals surface area (Å²) in [5, 5.41) is 12.0. The normalized spacial score (nSPS) is 14.1. The number of ether oxygens (including phenoxy) is 1. The van der Waals surface area contributed by atoms with Crippen molar-refractivity contribution >= 4 is 20.7 Å². The highest BCUT2D eigenvalue weighted by molar-refractivity contribution is 6.60. The van der Waals surface area contributed by atoms with Gasteiger partial charge in [0, 0.05) is 21.3 Å². The molecule has 0 radical (unpaired) electrons. The van der Waals surface area contributed by atoms with Gasteiger partial charge in [-0.2, -0.15) is 0 Å². The molecule has 0 saturated heterocycles. The minimum absolute atomic E-state index is 0.108. The van der Waals surface area contributed by atoms with Crippen LogP contribution >= 0.6 is 0 Å². The van der Waals surface area contributed by atoms with E-state index in [0.29, 0.717) is 0 Å². The number of carbonyl (C=O) groups excluding carboxylic acids is 1. The van der Waals surface area contributed by atoms with Crippen molar-refractivity contribution in [3.8, 4) is 0 Å². The molecule has 0 aliphatic rings. The molecule has 2 N–H and O–H groups in total. The zero-order valence-electron chi connectivity index (χ0n) is 16.0. The average Bonchev–Trinajstić information content (AvgIpc) is 2.60. The second-order valence-electron chi connectivity index (χ2n) is 5.82. The fourth-order valence-electron chi connectivity index (χ4n) is 2.39. The number of hydrogen-bond acceptors (Lipinski definition) is 7. The van der Waals surface area contributed by atoms with Crippen molar-refractivity contribution in [3.63, 3.8) is 0 Å². The summed E-state index contributed by atoms with van der Waals surface area (Å²) in [4.78, 5) is 23.6. The number of carboxylic acid groups (broad SMARTS) is 1. The van der Waals surface area contributed by atoms with Crippen LogP contribution in [0.2, 0.25) is 0 Å². The minimum Gasteiger partial charge on any atom is -0.481 e. The van der Waals surface area contributed by atoms with Crippen LogP contribution in [0, 0.1) is 0 Å². The third-order valence-corrected chi connectivity index (χ3v) is 6.44. The number of carboxylic acids is 1. The van der Waals surface area contributed by atoms with Crippen molar-refractivity contribution in [1.29, 1.82) is 0 Å². The summed E-state index contributed by atoms with van der Waals surface area (Å²) in [5.74, 6) is -1.65. The second kappa shape index (κ2) is 13.2. The van der Waals surface area contributed by atoms with Crippen LogP contribution in [0.25, 0.3) is 0 Å². The van der Waals surface area contributed by atoms with E-state index in [-0.39, 0.29) is 18.7 Å². The Bertz CT molecular complexity index is 382. The van der Waals surface area contributed by atoms with E-state index in [2.05, 4.69) is 12.2 Å². The van der Waals surface area contributed by atoms with Crippen molar-refractivity contribution in [3.05, 3.63) is 0 Å². The number of rotatable bonds is 15. The lowest BCUT2D eigenvalue weighted by molar-refractivity contribution is -0.155. The van der Waals surface area contributed by atoms with E-state index in [9.17, 15) is 9.59 Å². The van der Waals surface area contributed by atoms with Crippen molar-refractivity contribution in [2.75, 3.05) is 27.5 Å². The SMILES string of the molecule is CCCCC(CCC)OC(=O)C(CC(=O)O)NC[Si](OC)(OC)OC. The molecule has 2 unspecified atom stereocenters. The second-order valence-corrected chi connectivity index (χ2v) is 8.76. The molecular formula is C16H33NO7Si. The maximum Gasteiger partial charge on any atom is 0.514 e. The summed E-state index contributed by atoms with van der Waals surface area (Å²) in [6.45, 7) is 4.10. The van der Waals surface area contributed by atoms with Crippen LogP contribution < -0.4 is 5.32 Å². The zero-order valence-corrected chi connectivity index (χ0v) is 17.0. The molecule has 0 bridgehead atoms. The molecule has 0 fully saturated rings. The summed E-state index contributed by atoms with van der Waals surface area (Å²) in [7, 11) is 1.39. The van der Waals surface area contributed by atoms with E-state index in [1.807, 2.05) is 6.92 Å². The maximum atomic E-state index is 12.5. The molecule has 0 aromatic rings. The van der Waals surface area contributed by atoms with Gasteiger partial charge < -0.3 is 23.1 Å². The van der Waals surface area contributed by atoms with Crippen LogP contribution in [0.4, 0.5) is 0 Å². The van der Waals surface area contributed by atoms with Gasteiger partial charge in [-0.25, -0.2) is 0 Å². The van der Waals surface area contributed by atoms with Crippen LogP contribution in [-0.4, -0.2) is 65.5 Å². The van der Waals surface area contributed by atoms with Crippen molar-refractivity contribution in [2.45, 2.75) is 64.5 Å². The summed E-state index contributed by atoms with van der Waals surface area (Å²) in [6, 6.07) is -0.981. The first-order chi connectivity index (χ1) is 11.9. The van der Waals surface area contributed by atoms with Crippen LogP contribution in [0.5, 0.6) is 0 Å². The van der Waals surface area contributed by atoms with Gasteiger partial charge in [0.05, 0.1) is 12.6 Å². The maximum absolute atomic E-state index is 12.5. The van der Waals surface area contributed by atoms with Gasteiger partial charge in [-0.1, -0.05) is 33.1 Å². The lowest BCUT2D eigenvalue weighted by Gasteiger charge is -2.27. The average molecular weight is 380 g/mol. The van der Waals surface area contributed by atoms with E-state index in [1.54, 1.807) is 0 Å². The van der Waals surface area contributed by atoms with Crippen molar-refractivity contribution in [1.82, 2.24) is 5.32 Å². The number of carbonyl (C=O) groups is 2. The first-order valence-electron chi connectivity index (χ1n) is 8.69. The molecule has 0 aliphatic carbocycles. The molecule has 2 atom stereocenters. The number of hydrogen-bond donors (Lipinski definition) is 2. The molecule has 0 spiro atoms. The molecule has 25 heavy (non-hydrogen) atoms. The Morgan fingerprint density at radius 1 is 1.04 bits per heavy atom. The molecular weight excluding hydrogens is 346 g/mol. The van der Waals surface area contributed by atoms with Crippen LogP contribution in [0.3, 0.4) is 0 Å². The summed E-state index contributed by atoms with van der Waals surface area (Å²) in [6.07, 6.45) is 3.95. The molecule has 0 amide bonds. The van der Waals surface area contributed by atoms with Gasteiger partial charge in [-0.3, -0.25) is 14.9 Å². The molecule has 0 aromatic heterocycles. The van der Waals surface area contributed by atoms with Crippen LogP contribution in [-0.2, 0) is 27.6 Å². The number of aliphatic carboxylic acids is 1. The number of unbranched alkanes of at least 4 members (excludes halogenated alkanes) is 1. The van der Waals surface area contributed by atoms with Crippen molar-refractivity contribution < 1.29 is 32.7 Å². The number of nitrogens with one attached hydrogen (secondary N) is 1. The van der Waals surface area contributed by atoms with Crippen LogP contribution in [0.1, 0.15) is 52.4 Å². The first-order valence-corrected chi connectivity index (χ1v) is 10.6. The molecule has 148 valence electrons. The highest BCUT2D eigenvalue weighted by Gasteiger charge is 2.39. The monoisotopic (exact) mass is 379 g/mol. The predicted molar refractivity (Wildman–Crippen MR) is 95.1 cm³/mol. The van der Waals surface area contributed by atoms with E-state index >= 15 is 0 Å². The third-order valence-electron chi connectivity index (χ3n) is 3.93. The van der Waals surface area contributed by atoms with Crippen LogP contribution in [0.15, 0.2) is 0 Å². The smallest absolute Gasteiger partial charge is 0.481 e. The quantitative estimate of drug-likeness (QED) is 0.328. The highest BCUT2D eigenvalue weighted by Crippen LogP contribution is 2.13. The Balaban J connectivity index is 4.92. The molecule has 0 aromatic carbocycles. The van der Waals surface area contributed by atoms with Gasteiger partial charge in [0.25, 0.3) is 0 Å². The van der Waals surface area contributed by atoms with E-state index in [1.165, 1.54) is 21.3 Å². The highest BCUT2D eigenvalue weighted by atomic mass is 28.4. The Kier molecular flexibility index (Phi) is 12.7. The summed E-state index contributed by atoms with van der Waals surface area (Å²) in [5.41, 5.74) is 0. The van der Waals surface area contributed by atoms with Gasteiger partial charge in [0.15, 0.2) is 0 Å². The lowest BCUT2D eigenvalue weighted by Crippen LogP contribution is -2.56. The third kappa shape index (κ3) is 9.31. The Morgan fingerprint density at radius 3 is 2.08 bits per heavy atom. The number of esters is 1. The summed E-state index contributed by atoms with van der Waals surface area (Å²) >= 11 is 0. The topological polar surface area (TPSA) is 103 Å². The fraction of sp³-hybridized carbons (Fsp3) is 0.875.